The monoisotopic (exact) mass is 196 g/mol. The Morgan fingerprint density at radius 3 is 2.64 bits per heavy atom. The Balaban J connectivity index is 3.98. The first-order chi connectivity index (χ1) is 6.60. The van der Waals surface area contributed by atoms with E-state index < -0.39 is 5.41 Å². The highest BCUT2D eigenvalue weighted by Gasteiger charge is 2.28. The van der Waals surface area contributed by atoms with Crippen molar-refractivity contribution in [1.29, 1.82) is 0 Å². The Kier molecular flexibility index (Phi) is 5.98. The summed E-state index contributed by atoms with van der Waals surface area (Å²) in [6.45, 7) is 6.63. The van der Waals surface area contributed by atoms with Crippen molar-refractivity contribution in [2.75, 3.05) is 13.1 Å². The van der Waals surface area contributed by atoms with Crippen LogP contribution in [0.3, 0.4) is 0 Å². The Labute approximate surface area is 86.4 Å². The van der Waals surface area contributed by atoms with E-state index in [1.165, 1.54) is 0 Å². The van der Waals surface area contributed by atoms with Crippen molar-refractivity contribution >= 4 is 5.91 Å². The smallest absolute Gasteiger partial charge is 0.227 e. The molecule has 3 heteroatoms. The second kappa shape index (κ2) is 6.44. The van der Waals surface area contributed by atoms with E-state index in [9.17, 15) is 4.79 Å². The van der Waals surface area contributed by atoms with Crippen LogP contribution in [0.15, 0.2) is 0 Å². The number of hydrogen-bond donors (Lipinski definition) is 2. The molecular formula is C11H20N2O. The predicted molar refractivity (Wildman–Crippen MR) is 58.5 cm³/mol. The minimum absolute atomic E-state index is 0.0282. The quantitative estimate of drug-likeness (QED) is 0.507. The van der Waals surface area contributed by atoms with Gasteiger partial charge in [-0.2, -0.15) is 0 Å². The molecule has 0 aliphatic rings. The molecule has 0 aliphatic heterocycles. The van der Waals surface area contributed by atoms with Crippen LogP contribution < -0.4 is 11.1 Å². The van der Waals surface area contributed by atoms with Crippen molar-refractivity contribution in [3.63, 3.8) is 0 Å². The lowest BCUT2D eigenvalue weighted by molar-refractivity contribution is -0.129. The molecule has 0 fully saturated rings. The van der Waals surface area contributed by atoms with Gasteiger partial charge in [0.15, 0.2) is 0 Å². The van der Waals surface area contributed by atoms with Gasteiger partial charge in [-0.15, -0.1) is 11.8 Å². The third-order valence-corrected chi connectivity index (χ3v) is 2.49. The third kappa shape index (κ3) is 3.80. The fourth-order valence-corrected chi connectivity index (χ4v) is 0.975. The molecule has 0 radical (unpaired) electrons. The molecular weight excluding hydrogens is 176 g/mol. The van der Waals surface area contributed by atoms with E-state index in [1.54, 1.807) is 6.92 Å². The maximum absolute atomic E-state index is 11.7. The minimum Gasteiger partial charge on any atom is -0.355 e. The first-order valence-electron chi connectivity index (χ1n) is 4.98. The molecule has 0 aromatic heterocycles. The largest absolute Gasteiger partial charge is 0.355 e. The molecule has 0 saturated heterocycles. The molecule has 14 heavy (non-hydrogen) atoms. The second-order valence-corrected chi connectivity index (χ2v) is 3.55. The lowest BCUT2D eigenvalue weighted by atomic mass is 9.87. The SMILES string of the molecule is CC#CCCNC(=O)C(C)(CC)CN. The topological polar surface area (TPSA) is 55.1 Å². The van der Waals surface area contributed by atoms with Gasteiger partial charge in [-0.25, -0.2) is 0 Å². The normalized spacial score (nSPS) is 13.7. The molecule has 1 unspecified atom stereocenters. The molecule has 0 saturated carbocycles. The standard InChI is InChI=1S/C11H20N2O/c1-4-6-7-8-13-10(14)11(3,5-2)9-12/h5,7-9,12H2,1-3H3,(H,13,14). The molecule has 0 rings (SSSR count). The van der Waals surface area contributed by atoms with E-state index in [0.717, 1.165) is 6.42 Å². The van der Waals surface area contributed by atoms with Gasteiger partial charge in [0.25, 0.3) is 0 Å². The maximum Gasteiger partial charge on any atom is 0.227 e. The maximum atomic E-state index is 11.7. The summed E-state index contributed by atoms with van der Waals surface area (Å²) < 4.78 is 0. The summed E-state index contributed by atoms with van der Waals surface area (Å²) in [5.74, 6) is 5.71. The summed E-state index contributed by atoms with van der Waals surface area (Å²) in [7, 11) is 0. The number of nitrogens with two attached hydrogens (primary N) is 1. The van der Waals surface area contributed by atoms with Crippen molar-refractivity contribution in [2.24, 2.45) is 11.1 Å². The zero-order valence-electron chi connectivity index (χ0n) is 9.31. The van der Waals surface area contributed by atoms with E-state index in [4.69, 9.17) is 5.73 Å². The number of carbonyl (C=O) groups excluding carboxylic acids is 1. The first kappa shape index (κ1) is 13.0. The Hall–Kier alpha value is -1.01. The fourth-order valence-electron chi connectivity index (χ4n) is 0.975. The van der Waals surface area contributed by atoms with Crippen molar-refractivity contribution < 1.29 is 4.79 Å². The molecule has 0 aromatic carbocycles. The van der Waals surface area contributed by atoms with Crippen LogP contribution in [0.25, 0.3) is 0 Å². The lowest BCUT2D eigenvalue weighted by Crippen LogP contribution is -2.43. The molecule has 0 aromatic rings. The van der Waals surface area contributed by atoms with Gasteiger partial charge >= 0.3 is 0 Å². The van der Waals surface area contributed by atoms with Crippen molar-refractivity contribution in [3.05, 3.63) is 0 Å². The van der Waals surface area contributed by atoms with E-state index in [1.807, 2.05) is 13.8 Å². The van der Waals surface area contributed by atoms with E-state index >= 15 is 0 Å². The molecule has 0 aliphatic carbocycles. The van der Waals surface area contributed by atoms with Gasteiger partial charge in [0, 0.05) is 19.5 Å². The van der Waals surface area contributed by atoms with E-state index in [2.05, 4.69) is 17.2 Å². The number of rotatable bonds is 5. The van der Waals surface area contributed by atoms with Crippen LogP contribution in [0.5, 0.6) is 0 Å². The summed E-state index contributed by atoms with van der Waals surface area (Å²) in [4.78, 5) is 11.7. The molecule has 3 nitrogen and oxygen atoms in total. The number of amides is 1. The van der Waals surface area contributed by atoms with Crippen molar-refractivity contribution in [3.8, 4) is 11.8 Å². The number of carbonyl (C=O) groups is 1. The minimum atomic E-state index is -0.431. The fraction of sp³-hybridized carbons (Fsp3) is 0.727. The van der Waals surface area contributed by atoms with Gasteiger partial charge in [0.05, 0.1) is 5.41 Å². The van der Waals surface area contributed by atoms with Crippen LogP contribution in [0, 0.1) is 17.3 Å². The van der Waals surface area contributed by atoms with Gasteiger partial charge < -0.3 is 11.1 Å². The van der Waals surface area contributed by atoms with Crippen LogP contribution in [0.4, 0.5) is 0 Å². The Bertz CT molecular complexity index is 233. The van der Waals surface area contributed by atoms with E-state index in [0.29, 0.717) is 19.5 Å². The van der Waals surface area contributed by atoms with Crippen LogP contribution in [0.2, 0.25) is 0 Å². The third-order valence-electron chi connectivity index (χ3n) is 2.49. The van der Waals surface area contributed by atoms with Gasteiger partial charge in [0.2, 0.25) is 5.91 Å². The zero-order chi connectivity index (χ0) is 11.0. The van der Waals surface area contributed by atoms with Crippen LogP contribution in [0.1, 0.15) is 33.6 Å². The molecule has 80 valence electrons. The first-order valence-corrected chi connectivity index (χ1v) is 4.98. The van der Waals surface area contributed by atoms with Crippen LogP contribution in [-0.4, -0.2) is 19.0 Å². The zero-order valence-corrected chi connectivity index (χ0v) is 9.31. The summed E-state index contributed by atoms with van der Waals surface area (Å²) in [6.07, 6.45) is 1.46. The summed E-state index contributed by atoms with van der Waals surface area (Å²) in [5.41, 5.74) is 5.13. The second-order valence-electron chi connectivity index (χ2n) is 3.55. The van der Waals surface area contributed by atoms with Gasteiger partial charge in [0.1, 0.15) is 0 Å². The molecule has 0 spiro atoms. The van der Waals surface area contributed by atoms with Crippen molar-refractivity contribution in [2.45, 2.75) is 33.6 Å². The summed E-state index contributed by atoms with van der Waals surface area (Å²) >= 11 is 0. The Morgan fingerprint density at radius 2 is 2.21 bits per heavy atom. The van der Waals surface area contributed by atoms with Gasteiger partial charge in [-0.1, -0.05) is 6.92 Å². The van der Waals surface area contributed by atoms with Gasteiger partial charge in [-0.05, 0) is 20.3 Å². The van der Waals surface area contributed by atoms with Crippen molar-refractivity contribution in [1.82, 2.24) is 5.32 Å². The molecule has 1 amide bonds. The average Bonchev–Trinajstić information content (AvgIpc) is 2.22. The van der Waals surface area contributed by atoms with Crippen LogP contribution >= 0.6 is 0 Å². The summed E-state index contributed by atoms with van der Waals surface area (Å²) in [5, 5.41) is 2.84. The lowest BCUT2D eigenvalue weighted by Gasteiger charge is -2.24. The average molecular weight is 196 g/mol. The highest BCUT2D eigenvalue weighted by Crippen LogP contribution is 2.18. The van der Waals surface area contributed by atoms with E-state index in [-0.39, 0.29) is 5.91 Å². The highest BCUT2D eigenvalue weighted by atomic mass is 16.2. The Morgan fingerprint density at radius 1 is 1.57 bits per heavy atom. The van der Waals surface area contributed by atoms with Crippen LogP contribution in [-0.2, 0) is 4.79 Å². The predicted octanol–water partition coefficient (Wildman–Crippen LogP) is 0.891. The highest BCUT2D eigenvalue weighted by molar-refractivity contribution is 5.82. The molecule has 3 N–H and O–H groups in total. The number of nitrogens with one attached hydrogen (secondary N) is 1. The molecule has 0 heterocycles. The molecule has 0 bridgehead atoms. The summed E-state index contributed by atoms with van der Waals surface area (Å²) in [6, 6.07) is 0. The molecule has 1 atom stereocenters. The van der Waals surface area contributed by atoms with Gasteiger partial charge in [-0.3, -0.25) is 4.79 Å². The number of hydrogen-bond acceptors (Lipinski definition) is 2.